The zero-order chi connectivity index (χ0) is 20.3. The number of rotatable bonds is 5. The van der Waals surface area contributed by atoms with Gasteiger partial charge < -0.3 is 18.8 Å². The van der Waals surface area contributed by atoms with Crippen LogP contribution in [0.2, 0.25) is 0 Å². The minimum atomic E-state index is 0.142. The summed E-state index contributed by atoms with van der Waals surface area (Å²) < 4.78 is 17.0. The molecule has 0 unspecified atom stereocenters. The van der Waals surface area contributed by atoms with Crippen LogP contribution in [0.4, 0.5) is 0 Å². The van der Waals surface area contributed by atoms with Crippen LogP contribution in [0.15, 0.2) is 16.5 Å². The van der Waals surface area contributed by atoms with E-state index in [2.05, 4.69) is 4.90 Å². The average molecular weight is 387 g/mol. The Hall–Kier alpha value is -2.54. The first-order valence-corrected chi connectivity index (χ1v) is 9.60. The number of amides is 1. The monoisotopic (exact) mass is 387 g/mol. The molecular weight excluding hydrogens is 358 g/mol. The largest absolute Gasteiger partial charge is 0.496 e. The van der Waals surface area contributed by atoms with Gasteiger partial charge in [-0.1, -0.05) is 0 Å². The van der Waals surface area contributed by atoms with E-state index in [4.69, 9.17) is 18.9 Å². The molecule has 0 saturated carbocycles. The van der Waals surface area contributed by atoms with Crippen molar-refractivity contribution in [2.45, 2.75) is 33.7 Å². The highest BCUT2D eigenvalue weighted by Gasteiger charge is 2.22. The van der Waals surface area contributed by atoms with Gasteiger partial charge >= 0.3 is 0 Å². The molecule has 0 spiro atoms. The molecule has 1 amide bonds. The summed E-state index contributed by atoms with van der Waals surface area (Å²) in [6.45, 7) is 9.58. The van der Waals surface area contributed by atoms with Crippen LogP contribution in [0.3, 0.4) is 0 Å². The Labute approximate surface area is 166 Å². The topological polar surface area (TPSA) is 68.0 Å². The zero-order valence-corrected chi connectivity index (χ0v) is 17.4. The number of hydrogen-bond acceptors (Lipinski definition) is 6. The highest BCUT2D eigenvalue weighted by Crippen LogP contribution is 2.38. The number of benzene rings is 1. The van der Waals surface area contributed by atoms with E-state index in [0.717, 1.165) is 60.9 Å². The molecule has 1 aromatic carbocycles. The van der Waals surface area contributed by atoms with Gasteiger partial charge in [-0.05, 0) is 32.4 Å². The van der Waals surface area contributed by atoms with Crippen LogP contribution in [-0.2, 0) is 11.3 Å². The van der Waals surface area contributed by atoms with E-state index < -0.39 is 0 Å². The summed E-state index contributed by atoms with van der Waals surface area (Å²) in [5, 5.41) is 0. The number of aryl methyl sites for hydroxylation is 1. The summed E-state index contributed by atoms with van der Waals surface area (Å²) in [4.78, 5) is 20.6. The number of hydrogen-bond donors (Lipinski definition) is 0. The molecule has 1 fully saturated rings. The quantitative estimate of drug-likeness (QED) is 0.786. The summed E-state index contributed by atoms with van der Waals surface area (Å²) in [5.41, 5.74) is 2.65. The SMILES string of the molecule is COc1ccc(-c2nc(CN3CCCN(C(C)=O)CC3)c(C)o2)c(OC)c1C. The van der Waals surface area contributed by atoms with Crippen molar-refractivity contribution < 1.29 is 18.7 Å². The molecule has 0 radical (unpaired) electrons. The Balaban J connectivity index is 1.81. The molecule has 7 heteroatoms. The van der Waals surface area contributed by atoms with Crippen molar-refractivity contribution in [2.24, 2.45) is 0 Å². The Bertz CT molecular complexity index is 846. The van der Waals surface area contributed by atoms with Crippen LogP contribution in [0.5, 0.6) is 11.5 Å². The summed E-state index contributed by atoms with van der Waals surface area (Å²) in [7, 11) is 3.28. The van der Waals surface area contributed by atoms with Gasteiger partial charge in [0.25, 0.3) is 0 Å². The molecule has 2 heterocycles. The van der Waals surface area contributed by atoms with Crippen molar-refractivity contribution in [3.63, 3.8) is 0 Å². The third kappa shape index (κ3) is 4.14. The molecule has 0 N–H and O–H groups in total. The molecular formula is C21H29N3O4. The van der Waals surface area contributed by atoms with Crippen molar-refractivity contribution >= 4 is 5.91 Å². The first-order valence-electron chi connectivity index (χ1n) is 9.60. The van der Waals surface area contributed by atoms with Crippen molar-refractivity contribution in [1.29, 1.82) is 0 Å². The fourth-order valence-corrected chi connectivity index (χ4v) is 3.67. The lowest BCUT2D eigenvalue weighted by Crippen LogP contribution is -2.33. The van der Waals surface area contributed by atoms with E-state index in [1.54, 1.807) is 21.1 Å². The molecule has 1 aliphatic heterocycles. The average Bonchev–Trinajstić information content (AvgIpc) is 2.88. The van der Waals surface area contributed by atoms with Gasteiger partial charge in [-0.15, -0.1) is 0 Å². The number of methoxy groups -OCH3 is 2. The van der Waals surface area contributed by atoms with Gasteiger partial charge in [0.2, 0.25) is 11.8 Å². The predicted octanol–water partition coefficient (Wildman–Crippen LogP) is 3.03. The second kappa shape index (κ2) is 8.65. The Kier molecular flexibility index (Phi) is 6.24. The predicted molar refractivity (Wildman–Crippen MR) is 107 cm³/mol. The molecule has 0 atom stereocenters. The molecule has 2 aromatic rings. The van der Waals surface area contributed by atoms with E-state index in [-0.39, 0.29) is 5.91 Å². The molecule has 152 valence electrons. The Morgan fingerprint density at radius 1 is 1.14 bits per heavy atom. The van der Waals surface area contributed by atoms with Gasteiger partial charge in [-0.3, -0.25) is 9.69 Å². The van der Waals surface area contributed by atoms with Gasteiger partial charge in [0.15, 0.2) is 0 Å². The lowest BCUT2D eigenvalue weighted by atomic mass is 10.1. The number of aromatic nitrogens is 1. The first kappa shape index (κ1) is 20.2. The second-order valence-corrected chi connectivity index (χ2v) is 7.13. The maximum absolute atomic E-state index is 11.6. The third-order valence-electron chi connectivity index (χ3n) is 5.31. The molecule has 0 aliphatic carbocycles. The zero-order valence-electron chi connectivity index (χ0n) is 17.4. The summed E-state index contributed by atoms with van der Waals surface area (Å²) in [6, 6.07) is 3.81. The number of ether oxygens (including phenoxy) is 2. The van der Waals surface area contributed by atoms with Crippen LogP contribution in [0.25, 0.3) is 11.5 Å². The smallest absolute Gasteiger partial charge is 0.230 e. The standard InChI is InChI=1S/C21H29N3O4/c1-14-19(26-4)8-7-17(20(14)27-5)21-22-18(15(2)28-21)13-23-9-6-10-24(12-11-23)16(3)25/h7-8H,6,9-13H2,1-5H3. The maximum atomic E-state index is 11.6. The van der Waals surface area contributed by atoms with Gasteiger partial charge in [-0.25, -0.2) is 4.98 Å². The lowest BCUT2D eigenvalue weighted by molar-refractivity contribution is -0.128. The van der Waals surface area contributed by atoms with Crippen LogP contribution in [-0.4, -0.2) is 61.1 Å². The summed E-state index contributed by atoms with van der Waals surface area (Å²) in [5.74, 6) is 2.97. The molecule has 7 nitrogen and oxygen atoms in total. The Morgan fingerprint density at radius 3 is 2.61 bits per heavy atom. The molecule has 3 rings (SSSR count). The Morgan fingerprint density at radius 2 is 1.93 bits per heavy atom. The van der Waals surface area contributed by atoms with E-state index >= 15 is 0 Å². The minimum Gasteiger partial charge on any atom is -0.496 e. The van der Waals surface area contributed by atoms with Gasteiger partial charge in [0.1, 0.15) is 17.3 Å². The van der Waals surface area contributed by atoms with Crippen molar-refractivity contribution in [3.05, 3.63) is 29.2 Å². The van der Waals surface area contributed by atoms with Crippen LogP contribution in [0.1, 0.15) is 30.4 Å². The number of carbonyl (C=O) groups is 1. The third-order valence-corrected chi connectivity index (χ3v) is 5.31. The number of oxazole rings is 1. The van der Waals surface area contributed by atoms with Crippen molar-refractivity contribution in [1.82, 2.24) is 14.8 Å². The fourth-order valence-electron chi connectivity index (χ4n) is 3.67. The minimum absolute atomic E-state index is 0.142. The van der Waals surface area contributed by atoms with Gasteiger partial charge in [0, 0.05) is 45.2 Å². The van der Waals surface area contributed by atoms with E-state index in [9.17, 15) is 4.79 Å². The second-order valence-electron chi connectivity index (χ2n) is 7.13. The maximum Gasteiger partial charge on any atom is 0.230 e. The molecule has 1 saturated heterocycles. The normalized spacial score (nSPS) is 15.4. The van der Waals surface area contributed by atoms with Crippen LogP contribution in [0, 0.1) is 13.8 Å². The fraction of sp³-hybridized carbons (Fsp3) is 0.524. The summed E-state index contributed by atoms with van der Waals surface area (Å²) >= 11 is 0. The molecule has 1 aromatic heterocycles. The number of carbonyl (C=O) groups excluding carboxylic acids is 1. The van der Waals surface area contributed by atoms with E-state index in [1.165, 1.54) is 0 Å². The van der Waals surface area contributed by atoms with Gasteiger partial charge in [-0.2, -0.15) is 0 Å². The van der Waals surface area contributed by atoms with E-state index in [1.807, 2.05) is 30.9 Å². The highest BCUT2D eigenvalue weighted by atomic mass is 16.5. The van der Waals surface area contributed by atoms with Crippen molar-refractivity contribution in [3.8, 4) is 23.0 Å². The van der Waals surface area contributed by atoms with Crippen LogP contribution < -0.4 is 9.47 Å². The van der Waals surface area contributed by atoms with Crippen molar-refractivity contribution in [2.75, 3.05) is 40.4 Å². The number of nitrogens with zero attached hydrogens (tertiary/aromatic N) is 3. The van der Waals surface area contributed by atoms with E-state index in [0.29, 0.717) is 18.2 Å². The summed E-state index contributed by atoms with van der Waals surface area (Å²) in [6.07, 6.45) is 0.967. The van der Waals surface area contributed by atoms with Gasteiger partial charge in [0.05, 0.1) is 25.5 Å². The first-order chi connectivity index (χ1) is 13.4. The molecule has 0 bridgehead atoms. The molecule has 28 heavy (non-hydrogen) atoms. The highest BCUT2D eigenvalue weighted by molar-refractivity contribution is 5.73. The lowest BCUT2D eigenvalue weighted by Gasteiger charge is -2.20. The molecule has 1 aliphatic rings. The van der Waals surface area contributed by atoms with Crippen LogP contribution >= 0.6 is 0 Å².